The number of likely N-dealkylation sites (N-methyl/N-ethyl adjacent to an activating group) is 1. The molecular formula is C13H19FN2O2. The summed E-state index contributed by atoms with van der Waals surface area (Å²) in [6.45, 7) is 1.94. The lowest BCUT2D eigenvalue weighted by molar-refractivity contribution is -0.122. The summed E-state index contributed by atoms with van der Waals surface area (Å²) < 4.78 is 17.6. The minimum absolute atomic E-state index is 0.0448. The van der Waals surface area contributed by atoms with Crippen molar-refractivity contribution >= 4 is 5.91 Å². The molecule has 0 saturated heterocycles. The normalized spacial score (nSPS) is 10.7. The summed E-state index contributed by atoms with van der Waals surface area (Å²) in [5.74, 6) is -0.296. The van der Waals surface area contributed by atoms with Crippen molar-refractivity contribution in [1.82, 2.24) is 10.2 Å². The molecule has 0 aliphatic carbocycles. The third-order valence-corrected chi connectivity index (χ3v) is 2.41. The first-order valence-electron chi connectivity index (χ1n) is 5.80. The van der Waals surface area contributed by atoms with Crippen molar-refractivity contribution in [3.63, 3.8) is 0 Å². The van der Waals surface area contributed by atoms with E-state index in [1.54, 1.807) is 19.2 Å². The highest BCUT2D eigenvalue weighted by Crippen LogP contribution is 2.05. The number of rotatable bonds is 7. The van der Waals surface area contributed by atoms with Crippen LogP contribution in [-0.2, 0) is 16.1 Å². The van der Waals surface area contributed by atoms with Gasteiger partial charge in [0.1, 0.15) is 5.82 Å². The largest absolute Gasteiger partial charge is 0.383 e. The van der Waals surface area contributed by atoms with E-state index in [0.29, 0.717) is 26.2 Å². The fourth-order valence-corrected chi connectivity index (χ4v) is 1.55. The van der Waals surface area contributed by atoms with Gasteiger partial charge in [-0.3, -0.25) is 9.69 Å². The van der Waals surface area contributed by atoms with E-state index < -0.39 is 0 Å². The average molecular weight is 254 g/mol. The summed E-state index contributed by atoms with van der Waals surface area (Å²) in [7, 11) is 3.44. The summed E-state index contributed by atoms with van der Waals surface area (Å²) >= 11 is 0. The van der Waals surface area contributed by atoms with E-state index >= 15 is 0 Å². The molecular weight excluding hydrogens is 235 g/mol. The van der Waals surface area contributed by atoms with Crippen molar-refractivity contribution in [1.29, 1.82) is 0 Å². The van der Waals surface area contributed by atoms with Crippen LogP contribution in [-0.4, -0.2) is 44.7 Å². The van der Waals surface area contributed by atoms with Crippen molar-refractivity contribution < 1.29 is 13.9 Å². The Morgan fingerprint density at radius 2 is 2.06 bits per heavy atom. The molecule has 1 rings (SSSR count). The number of carbonyl (C=O) groups excluding carboxylic acids is 1. The van der Waals surface area contributed by atoms with Gasteiger partial charge in [-0.2, -0.15) is 0 Å². The van der Waals surface area contributed by atoms with Crippen LogP contribution in [0.3, 0.4) is 0 Å². The van der Waals surface area contributed by atoms with Crippen LogP contribution in [0.5, 0.6) is 0 Å². The molecule has 1 N–H and O–H groups in total. The van der Waals surface area contributed by atoms with E-state index in [4.69, 9.17) is 4.74 Å². The van der Waals surface area contributed by atoms with Gasteiger partial charge in [0.05, 0.1) is 13.2 Å². The lowest BCUT2D eigenvalue weighted by atomic mass is 10.2. The number of hydrogen-bond acceptors (Lipinski definition) is 3. The van der Waals surface area contributed by atoms with Crippen molar-refractivity contribution in [2.24, 2.45) is 0 Å². The molecule has 0 spiro atoms. The van der Waals surface area contributed by atoms with E-state index in [1.165, 1.54) is 12.1 Å². The maximum atomic E-state index is 12.7. The van der Waals surface area contributed by atoms with Crippen LogP contribution in [0.4, 0.5) is 4.39 Å². The molecule has 0 heterocycles. The number of benzene rings is 1. The molecule has 1 amide bonds. The Morgan fingerprint density at radius 1 is 1.39 bits per heavy atom. The number of nitrogens with zero attached hydrogens (tertiary/aromatic N) is 1. The van der Waals surface area contributed by atoms with Crippen molar-refractivity contribution in [2.75, 3.05) is 33.9 Å². The van der Waals surface area contributed by atoms with Crippen LogP contribution in [0.25, 0.3) is 0 Å². The number of hydrogen-bond donors (Lipinski definition) is 1. The van der Waals surface area contributed by atoms with Gasteiger partial charge in [-0.15, -0.1) is 0 Å². The van der Waals surface area contributed by atoms with Crippen LogP contribution in [0, 0.1) is 5.82 Å². The second kappa shape index (κ2) is 7.79. The van der Waals surface area contributed by atoms with Gasteiger partial charge < -0.3 is 10.1 Å². The Labute approximate surface area is 107 Å². The van der Waals surface area contributed by atoms with Crippen molar-refractivity contribution in [3.8, 4) is 0 Å². The second-order valence-corrected chi connectivity index (χ2v) is 4.14. The average Bonchev–Trinajstić information content (AvgIpc) is 2.32. The predicted octanol–water partition coefficient (Wildman–Crippen LogP) is 1.02. The van der Waals surface area contributed by atoms with Crippen LogP contribution >= 0.6 is 0 Å². The Morgan fingerprint density at radius 3 is 2.67 bits per heavy atom. The van der Waals surface area contributed by atoms with Gasteiger partial charge in [0, 0.05) is 20.2 Å². The third kappa shape index (κ3) is 5.75. The zero-order chi connectivity index (χ0) is 13.4. The molecule has 1 aromatic carbocycles. The van der Waals surface area contributed by atoms with Crippen LogP contribution < -0.4 is 5.32 Å². The number of methoxy groups -OCH3 is 1. The molecule has 5 heteroatoms. The zero-order valence-electron chi connectivity index (χ0n) is 10.8. The predicted molar refractivity (Wildman–Crippen MR) is 67.6 cm³/mol. The van der Waals surface area contributed by atoms with Crippen molar-refractivity contribution in [2.45, 2.75) is 6.54 Å². The van der Waals surface area contributed by atoms with Gasteiger partial charge >= 0.3 is 0 Å². The molecule has 18 heavy (non-hydrogen) atoms. The van der Waals surface area contributed by atoms with E-state index in [-0.39, 0.29) is 11.7 Å². The highest BCUT2D eigenvalue weighted by molar-refractivity contribution is 5.77. The van der Waals surface area contributed by atoms with Crippen LogP contribution in [0.2, 0.25) is 0 Å². The van der Waals surface area contributed by atoms with E-state index in [9.17, 15) is 9.18 Å². The summed E-state index contributed by atoms with van der Waals surface area (Å²) in [5.41, 5.74) is 0.976. The molecule has 0 unspecified atom stereocenters. The number of carbonyl (C=O) groups is 1. The number of nitrogens with one attached hydrogen (secondary N) is 1. The first kappa shape index (κ1) is 14.6. The molecule has 1 aromatic rings. The SMILES string of the molecule is COCCNC(=O)CN(C)Cc1ccc(F)cc1. The van der Waals surface area contributed by atoms with Gasteiger partial charge in [0.15, 0.2) is 0 Å². The topological polar surface area (TPSA) is 41.6 Å². The summed E-state index contributed by atoms with van der Waals surface area (Å²) in [5, 5.41) is 2.74. The fourth-order valence-electron chi connectivity index (χ4n) is 1.55. The summed E-state index contributed by atoms with van der Waals surface area (Å²) in [6, 6.07) is 6.27. The molecule has 0 aliphatic rings. The van der Waals surface area contributed by atoms with Gasteiger partial charge in [-0.25, -0.2) is 4.39 Å². The summed E-state index contributed by atoms with van der Waals surface area (Å²) in [4.78, 5) is 13.4. The molecule has 4 nitrogen and oxygen atoms in total. The van der Waals surface area contributed by atoms with Gasteiger partial charge in [-0.05, 0) is 24.7 Å². The molecule has 100 valence electrons. The maximum absolute atomic E-state index is 12.7. The van der Waals surface area contributed by atoms with E-state index in [1.807, 2.05) is 11.9 Å². The Kier molecular flexibility index (Phi) is 6.32. The zero-order valence-corrected chi connectivity index (χ0v) is 10.8. The van der Waals surface area contributed by atoms with Crippen LogP contribution in [0.1, 0.15) is 5.56 Å². The first-order chi connectivity index (χ1) is 8.61. The standard InChI is InChI=1S/C13H19FN2O2/c1-16(10-13(17)15-7-8-18-2)9-11-3-5-12(14)6-4-11/h3-6H,7-10H2,1-2H3,(H,15,17). The second-order valence-electron chi connectivity index (χ2n) is 4.14. The molecule has 0 bridgehead atoms. The van der Waals surface area contributed by atoms with Gasteiger partial charge in [0.2, 0.25) is 5.91 Å². The smallest absolute Gasteiger partial charge is 0.234 e. The minimum Gasteiger partial charge on any atom is -0.383 e. The molecule has 0 saturated carbocycles. The fraction of sp³-hybridized carbons (Fsp3) is 0.462. The third-order valence-electron chi connectivity index (χ3n) is 2.41. The highest BCUT2D eigenvalue weighted by atomic mass is 19.1. The highest BCUT2D eigenvalue weighted by Gasteiger charge is 2.06. The molecule has 0 aromatic heterocycles. The summed E-state index contributed by atoms with van der Waals surface area (Å²) in [6.07, 6.45) is 0. The number of amides is 1. The Bertz CT molecular complexity index is 368. The van der Waals surface area contributed by atoms with Crippen LogP contribution in [0.15, 0.2) is 24.3 Å². The molecule has 0 atom stereocenters. The Hall–Kier alpha value is -1.46. The lowest BCUT2D eigenvalue weighted by Gasteiger charge is -2.16. The van der Waals surface area contributed by atoms with E-state index in [2.05, 4.69) is 5.32 Å². The molecule has 0 radical (unpaired) electrons. The van der Waals surface area contributed by atoms with Gasteiger partial charge in [-0.1, -0.05) is 12.1 Å². The first-order valence-corrected chi connectivity index (χ1v) is 5.80. The van der Waals surface area contributed by atoms with Gasteiger partial charge in [0.25, 0.3) is 0 Å². The number of ether oxygens (including phenoxy) is 1. The number of halogens is 1. The Balaban J connectivity index is 2.30. The molecule has 0 aliphatic heterocycles. The monoisotopic (exact) mass is 254 g/mol. The maximum Gasteiger partial charge on any atom is 0.234 e. The minimum atomic E-state index is -0.251. The molecule has 0 fully saturated rings. The lowest BCUT2D eigenvalue weighted by Crippen LogP contribution is -2.36. The van der Waals surface area contributed by atoms with E-state index in [0.717, 1.165) is 5.56 Å². The van der Waals surface area contributed by atoms with Crippen molar-refractivity contribution in [3.05, 3.63) is 35.6 Å². The quantitative estimate of drug-likeness (QED) is 0.739.